The van der Waals surface area contributed by atoms with E-state index in [0.29, 0.717) is 6.07 Å². The summed E-state index contributed by atoms with van der Waals surface area (Å²) in [5, 5.41) is 15.7. The van der Waals surface area contributed by atoms with Crippen LogP contribution in [0.25, 0.3) is 0 Å². The fourth-order valence-corrected chi connectivity index (χ4v) is 1.99. The number of carbonyl (C=O) groups excluding carboxylic acids is 1. The number of anilines is 1. The molecule has 110 valence electrons. The highest BCUT2D eigenvalue weighted by atomic mass is 35.5. The van der Waals surface area contributed by atoms with Crippen molar-refractivity contribution in [2.45, 2.75) is 25.4 Å². The summed E-state index contributed by atoms with van der Waals surface area (Å²) in [5.74, 6) is -0.407. The summed E-state index contributed by atoms with van der Waals surface area (Å²) >= 11 is 5.35. The minimum absolute atomic E-state index is 0.407. The van der Waals surface area contributed by atoms with Gasteiger partial charge in [-0.3, -0.25) is 0 Å². The number of carbonyl (C=O) groups is 1. The number of alkyl halides is 3. The van der Waals surface area contributed by atoms with Gasteiger partial charge in [0.1, 0.15) is 0 Å². The molecule has 2 rings (SSSR count). The van der Waals surface area contributed by atoms with Gasteiger partial charge < -0.3 is 10.0 Å². The van der Waals surface area contributed by atoms with Crippen LogP contribution in [0, 0.1) is 0 Å². The van der Waals surface area contributed by atoms with Gasteiger partial charge in [-0.05, 0) is 13.0 Å². The van der Waals surface area contributed by atoms with E-state index >= 15 is 0 Å². The number of rotatable bonds is 1. The Balaban J connectivity index is 2.47. The minimum atomic E-state index is -4.73. The molecule has 1 aromatic rings. The van der Waals surface area contributed by atoms with Crippen LogP contribution in [0.3, 0.4) is 0 Å². The first-order chi connectivity index (χ1) is 9.14. The fourth-order valence-electron chi connectivity index (χ4n) is 1.79. The number of aliphatic hydroxyl groups excluding tert-OH is 1. The molecule has 20 heavy (non-hydrogen) atoms. The second-order valence-corrected chi connectivity index (χ2v) is 4.68. The van der Waals surface area contributed by atoms with E-state index < -0.39 is 41.0 Å². The van der Waals surface area contributed by atoms with Crippen molar-refractivity contribution in [2.24, 2.45) is 0 Å². The molecule has 10 heteroatoms. The highest BCUT2D eigenvalue weighted by Gasteiger charge is 2.43. The summed E-state index contributed by atoms with van der Waals surface area (Å²) < 4.78 is 38.2. The number of hydrogen-bond acceptors (Lipinski definition) is 4. The van der Waals surface area contributed by atoms with Gasteiger partial charge >= 0.3 is 12.2 Å². The summed E-state index contributed by atoms with van der Waals surface area (Å²) in [5.41, 5.74) is -1.22. The maximum atomic E-state index is 12.7. The van der Waals surface area contributed by atoms with Crippen molar-refractivity contribution in [3.05, 3.63) is 16.8 Å². The van der Waals surface area contributed by atoms with Crippen molar-refractivity contribution in [2.75, 3.05) is 11.9 Å². The first kappa shape index (κ1) is 14.8. The third kappa shape index (κ3) is 2.27. The Bertz CT molecular complexity index is 554. The topological polar surface area (TPSA) is 69.6 Å². The van der Waals surface area contributed by atoms with E-state index in [-0.39, 0.29) is 0 Å². The van der Waals surface area contributed by atoms with Crippen LogP contribution in [0.4, 0.5) is 23.8 Å². The monoisotopic (exact) mass is 310 g/mol. The van der Waals surface area contributed by atoms with Gasteiger partial charge in [0.25, 0.3) is 0 Å². The lowest BCUT2D eigenvalue weighted by Gasteiger charge is -2.19. The van der Waals surface area contributed by atoms with E-state index in [9.17, 15) is 23.1 Å². The molecule has 2 heterocycles. The summed E-state index contributed by atoms with van der Waals surface area (Å²) in [4.78, 5) is 13.8. The normalized spacial score (nSPS) is 23.6. The first-order valence-electron chi connectivity index (χ1n) is 5.49. The molecule has 0 aromatic carbocycles. The Kier molecular flexibility index (Phi) is 3.51. The van der Waals surface area contributed by atoms with Crippen molar-refractivity contribution in [3.63, 3.8) is 0 Å². The number of aliphatic hydroxyl groups is 1. The van der Waals surface area contributed by atoms with E-state index in [2.05, 4.69) is 10.2 Å². The zero-order valence-corrected chi connectivity index (χ0v) is 11.1. The summed E-state index contributed by atoms with van der Waals surface area (Å²) in [7, 11) is 1.42. The number of amides is 2. The molecule has 0 radical (unpaired) electrons. The van der Waals surface area contributed by atoms with E-state index in [1.165, 1.54) is 11.9 Å². The quantitative estimate of drug-likeness (QED) is 0.857. The Morgan fingerprint density at radius 2 is 2.00 bits per heavy atom. The number of urea groups is 1. The molecule has 0 saturated carbocycles. The molecule has 0 bridgehead atoms. The average molecular weight is 311 g/mol. The van der Waals surface area contributed by atoms with Crippen LogP contribution in [-0.2, 0) is 6.18 Å². The molecule has 1 saturated heterocycles. The van der Waals surface area contributed by atoms with E-state index in [4.69, 9.17) is 11.6 Å². The second kappa shape index (κ2) is 4.74. The SMILES string of the molecule is CC1C(O)N(c2cc(C(F)(F)F)c(Cl)nn2)C(=O)N1C. The molecule has 1 N–H and O–H groups in total. The highest BCUT2D eigenvalue weighted by Crippen LogP contribution is 2.36. The molecule has 0 spiro atoms. The van der Waals surface area contributed by atoms with Gasteiger partial charge in [-0.15, -0.1) is 10.2 Å². The maximum absolute atomic E-state index is 12.7. The van der Waals surface area contributed by atoms with Gasteiger partial charge in [-0.25, -0.2) is 9.69 Å². The number of hydrogen-bond donors (Lipinski definition) is 1. The van der Waals surface area contributed by atoms with Crippen molar-refractivity contribution in [3.8, 4) is 0 Å². The molecule has 2 amide bonds. The van der Waals surface area contributed by atoms with E-state index in [0.717, 1.165) is 4.90 Å². The van der Waals surface area contributed by atoms with Gasteiger partial charge in [-0.2, -0.15) is 13.2 Å². The second-order valence-electron chi connectivity index (χ2n) is 4.32. The van der Waals surface area contributed by atoms with Gasteiger partial charge in [0.05, 0.1) is 11.6 Å². The smallest absolute Gasteiger partial charge is 0.371 e. The van der Waals surface area contributed by atoms with Crippen LogP contribution < -0.4 is 4.90 Å². The molecular weight excluding hydrogens is 301 g/mol. The third-order valence-corrected chi connectivity index (χ3v) is 3.38. The van der Waals surface area contributed by atoms with Crippen LogP contribution in [0.5, 0.6) is 0 Å². The van der Waals surface area contributed by atoms with Crippen LogP contribution >= 0.6 is 11.6 Å². The van der Waals surface area contributed by atoms with Gasteiger partial charge in [0.2, 0.25) is 0 Å². The largest absolute Gasteiger partial charge is 0.419 e. The van der Waals surface area contributed by atoms with Gasteiger partial charge in [-0.1, -0.05) is 11.6 Å². The van der Waals surface area contributed by atoms with Gasteiger partial charge in [0.15, 0.2) is 17.2 Å². The molecule has 2 unspecified atom stereocenters. The lowest BCUT2D eigenvalue weighted by Crippen LogP contribution is -2.36. The summed E-state index contributed by atoms with van der Waals surface area (Å²) in [6.45, 7) is 1.55. The van der Waals surface area contributed by atoms with Crippen molar-refractivity contribution < 1.29 is 23.1 Å². The van der Waals surface area contributed by atoms with Crippen molar-refractivity contribution >= 4 is 23.4 Å². The van der Waals surface area contributed by atoms with E-state index in [1.54, 1.807) is 6.92 Å². The average Bonchev–Trinajstić information content (AvgIpc) is 2.54. The molecule has 0 aliphatic carbocycles. The third-order valence-electron chi connectivity index (χ3n) is 3.10. The van der Waals surface area contributed by atoms with E-state index in [1.807, 2.05) is 0 Å². The Labute approximate surface area is 116 Å². The van der Waals surface area contributed by atoms with Gasteiger partial charge in [0, 0.05) is 7.05 Å². The minimum Gasteiger partial charge on any atom is -0.371 e. The van der Waals surface area contributed by atoms with Crippen LogP contribution in [0.2, 0.25) is 5.15 Å². The summed E-state index contributed by atoms with van der Waals surface area (Å²) in [6, 6.07) is -0.674. The predicted octanol–water partition coefficient (Wildman–Crippen LogP) is 1.73. The number of nitrogens with zero attached hydrogens (tertiary/aromatic N) is 4. The number of halogens is 4. The predicted molar refractivity (Wildman–Crippen MR) is 63.2 cm³/mol. The zero-order valence-electron chi connectivity index (χ0n) is 10.4. The molecule has 6 nitrogen and oxygen atoms in total. The van der Waals surface area contributed by atoms with Crippen molar-refractivity contribution in [1.29, 1.82) is 0 Å². The van der Waals surface area contributed by atoms with Crippen LogP contribution in [-0.4, -0.2) is 45.6 Å². The fraction of sp³-hybridized carbons (Fsp3) is 0.500. The summed E-state index contributed by atoms with van der Waals surface area (Å²) in [6.07, 6.45) is -6.04. The molecule has 2 atom stereocenters. The zero-order chi connectivity index (χ0) is 15.2. The highest BCUT2D eigenvalue weighted by molar-refractivity contribution is 6.30. The molecular formula is C10H10ClF3N4O2. The van der Waals surface area contributed by atoms with Crippen LogP contribution in [0.1, 0.15) is 12.5 Å². The standard InChI is InChI=1S/C10H10ClF3N4O2/c1-4-8(19)18(9(20)17(4)2)6-3-5(10(12,13)14)7(11)16-15-6/h3-4,8,19H,1-2H3. The molecule has 1 aliphatic heterocycles. The Morgan fingerprint density at radius 1 is 1.40 bits per heavy atom. The first-order valence-corrected chi connectivity index (χ1v) is 5.87. The molecule has 1 fully saturated rings. The Hall–Kier alpha value is -1.61. The molecule has 1 aliphatic rings. The number of likely N-dealkylation sites (N-methyl/N-ethyl adjacent to an activating group) is 1. The molecule has 1 aromatic heterocycles. The van der Waals surface area contributed by atoms with Crippen molar-refractivity contribution in [1.82, 2.24) is 15.1 Å². The van der Waals surface area contributed by atoms with Crippen LogP contribution in [0.15, 0.2) is 6.07 Å². The maximum Gasteiger partial charge on any atom is 0.419 e. The lowest BCUT2D eigenvalue weighted by molar-refractivity contribution is -0.137. The Morgan fingerprint density at radius 3 is 2.45 bits per heavy atom. The number of aromatic nitrogens is 2. The lowest BCUT2D eigenvalue weighted by atomic mass is 10.2.